The van der Waals surface area contributed by atoms with E-state index >= 15 is 0 Å². The SMILES string of the molecule is CN(CC1CCOCC1)C(=O)NCC1CCCC1C(=O)O. The largest absolute Gasteiger partial charge is 0.481 e. The number of nitrogens with one attached hydrogen (secondary N) is 1. The highest BCUT2D eigenvalue weighted by Crippen LogP contribution is 2.31. The predicted molar refractivity (Wildman–Crippen MR) is 78.0 cm³/mol. The third-order valence-electron chi connectivity index (χ3n) is 4.71. The summed E-state index contributed by atoms with van der Waals surface area (Å²) in [5.41, 5.74) is 0. The van der Waals surface area contributed by atoms with E-state index in [0.717, 1.165) is 51.9 Å². The summed E-state index contributed by atoms with van der Waals surface area (Å²) < 4.78 is 5.32. The Hall–Kier alpha value is -1.30. The number of nitrogens with zero attached hydrogens (tertiary/aromatic N) is 1. The Morgan fingerprint density at radius 2 is 1.95 bits per heavy atom. The lowest BCUT2D eigenvalue weighted by Gasteiger charge is -2.28. The molecular weight excluding hydrogens is 272 g/mol. The standard InChI is InChI=1S/C15H26N2O4/c1-17(10-11-5-7-21-8-6-11)15(20)16-9-12-3-2-4-13(12)14(18)19/h11-13H,2-10H2,1H3,(H,16,20)(H,18,19). The molecule has 21 heavy (non-hydrogen) atoms. The number of rotatable bonds is 5. The summed E-state index contributed by atoms with van der Waals surface area (Å²) in [5.74, 6) is -0.455. The molecule has 1 saturated heterocycles. The Morgan fingerprint density at radius 3 is 2.62 bits per heavy atom. The van der Waals surface area contributed by atoms with Crippen LogP contribution < -0.4 is 5.32 Å². The molecule has 2 atom stereocenters. The summed E-state index contributed by atoms with van der Waals surface area (Å²) in [4.78, 5) is 24.9. The fourth-order valence-corrected chi connectivity index (χ4v) is 3.36. The number of carbonyl (C=O) groups is 2. The van der Waals surface area contributed by atoms with Gasteiger partial charge in [0.1, 0.15) is 0 Å². The molecule has 2 unspecified atom stereocenters. The highest BCUT2D eigenvalue weighted by molar-refractivity contribution is 5.74. The molecule has 2 rings (SSSR count). The van der Waals surface area contributed by atoms with Crippen molar-refractivity contribution in [2.75, 3.05) is 33.4 Å². The maximum absolute atomic E-state index is 12.1. The summed E-state index contributed by atoms with van der Waals surface area (Å²) >= 11 is 0. The van der Waals surface area contributed by atoms with Crippen LogP contribution >= 0.6 is 0 Å². The normalized spacial score (nSPS) is 26.5. The lowest BCUT2D eigenvalue weighted by atomic mass is 9.96. The second-order valence-electron chi connectivity index (χ2n) is 6.26. The van der Waals surface area contributed by atoms with Crippen LogP contribution in [0.25, 0.3) is 0 Å². The average molecular weight is 298 g/mol. The van der Waals surface area contributed by atoms with E-state index in [-0.39, 0.29) is 17.9 Å². The monoisotopic (exact) mass is 298 g/mol. The predicted octanol–water partition coefficient (Wildman–Crippen LogP) is 1.56. The van der Waals surface area contributed by atoms with Crippen LogP contribution in [0.5, 0.6) is 0 Å². The van der Waals surface area contributed by atoms with Gasteiger partial charge in [0.25, 0.3) is 0 Å². The summed E-state index contributed by atoms with van der Waals surface area (Å²) in [5, 5.41) is 12.0. The first-order valence-corrected chi connectivity index (χ1v) is 7.87. The minimum absolute atomic E-state index is 0.0722. The fraction of sp³-hybridized carbons (Fsp3) is 0.867. The van der Waals surface area contributed by atoms with E-state index in [9.17, 15) is 9.59 Å². The van der Waals surface area contributed by atoms with E-state index in [1.165, 1.54) is 0 Å². The number of aliphatic carboxylic acids is 1. The van der Waals surface area contributed by atoms with Crippen LogP contribution in [-0.2, 0) is 9.53 Å². The first-order chi connectivity index (χ1) is 10.1. The smallest absolute Gasteiger partial charge is 0.317 e. The molecule has 1 saturated carbocycles. The molecule has 0 bridgehead atoms. The van der Waals surface area contributed by atoms with Gasteiger partial charge in [-0.05, 0) is 37.5 Å². The molecule has 1 aliphatic carbocycles. The number of hydrogen-bond donors (Lipinski definition) is 2. The molecule has 6 heteroatoms. The summed E-state index contributed by atoms with van der Waals surface area (Å²) in [6.45, 7) is 2.76. The van der Waals surface area contributed by atoms with Crippen molar-refractivity contribution in [3.05, 3.63) is 0 Å². The first-order valence-electron chi connectivity index (χ1n) is 7.87. The van der Waals surface area contributed by atoms with Crippen LogP contribution in [0.4, 0.5) is 4.79 Å². The molecule has 0 aromatic carbocycles. The van der Waals surface area contributed by atoms with Crippen LogP contribution in [-0.4, -0.2) is 55.4 Å². The number of amides is 2. The van der Waals surface area contributed by atoms with Crippen molar-refractivity contribution in [1.82, 2.24) is 10.2 Å². The molecule has 0 aromatic heterocycles. The second kappa shape index (κ2) is 7.64. The van der Waals surface area contributed by atoms with Gasteiger partial charge in [-0.2, -0.15) is 0 Å². The van der Waals surface area contributed by atoms with Gasteiger partial charge >= 0.3 is 12.0 Å². The van der Waals surface area contributed by atoms with Gasteiger partial charge in [0.05, 0.1) is 5.92 Å². The zero-order chi connectivity index (χ0) is 15.2. The minimum atomic E-state index is -0.734. The average Bonchev–Trinajstić information content (AvgIpc) is 2.94. The van der Waals surface area contributed by atoms with E-state index < -0.39 is 5.97 Å². The molecule has 0 radical (unpaired) electrons. The Kier molecular flexibility index (Phi) is 5.85. The molecule has 2 N–H and O–H groups in total. The quantitative estimate of drug-likeness (QED) is 0.807. The van der Waals surface area contributed by atoms with Crippen molar-refractivity contribution in [2.24, 2.45) is 17.8 Å². The molecule has 2 amide bonds. The van der Waals surface area contributed by atoms with Gasteiger partial charge in [-0.1, -0.05) is 6.42 Å². The van der Waals surface area contributed by atoms with Crippen LogP contribution in [0, 0.1) is 17.8 Å². The van der Waals surface area contributed by atoms with Crippen molar-refractivity contribution in [2.45, 2.75) is 32.1 Å². The Labute approximate surface area is 125 Å². The van der Waals surface area contributed by atoms with Crippen molar-refractivity contribution < 1.29 is 19.4 Å². The molecule has 1 heterocycles. The number of carboxylic acid groups (broad SMARTS) is 1. The number of carboxylic acids is 1. The molecule has 120 valence electrons. The first kappa shape index (κ1) is 16.1. The maximum Gasteiger partial charge on any atom is 0.317 e. The van der Waals surface area contributed by atoms with Gasteiger partial charge < -0.3 is 20.1 Å². The van der Waals surface area contributed by atoms with Gasteiger partial charge in [0.2, 0.25) is 0 Å². The van der Waals surface area contributed by atoms with Gasteiger partial charge in [0, 0.05) is 33.4 Å². The van der Waals surface area contributed by atoms with E-state index in [1.54, 1.807) is 11.9 Å². The van der Waals surface area contributed by atoms with Crippen LogP contribution in [0.1, 0.15) is 32.1 Å². The molecule has 6 nitrogen and oxygen atoms in total. The van der Waals surface area contributed by atoms with Gasteiger partial charge in [-0.3, -0.25) is 4.79 Å². The van der Waals surface area contributed by atoms with E-state index in [1.807, 2.05) is 0 Å². The number of hydrogen-bond acceptors (Lipinski definition) is 3. The Bertz CT molecular complexity index is 369. The van der Waals surface area contributed by atoms with Crippen LogP contribution in [0.3, 0.4) is 0 Å². The minimum Gasteiger partial charge on any atom is -0.481 e. The van der Waals surface area contributed by atoms with E-state index in [2.05, 4.69) is 5.32 Å². The van der Waals surface area contributed by atoms with Crippen molar-refractivity contribution in [3.8, 4) is 0 Å². The number of carbonyl (C=O) groups excluding carboxylic acids is 1. The fourth-order valence-electron chi connectivity index (χ4n) is 3.36. The Balaban J connectivity index is 1.71. The molecule has 1 aliphatic heterocycles. The zero-order valence-corrected chi connectivity index (χ0v) is 12.7. The maximum atomic E-state index is 12.1. The van der Waals surface area contributed by atoms with Crippen molar-refractivity contribution in [1.29, 1.82) is 0 Å². The summed E-state index contributed by atoms with van der Waals surface area (Å²) in [7, 11) is 1.80. The number of ether oxygens (including phenoxy) is 1. The highest BCUT2D eigenvalue weighted by atomic mass is 16.5. The molecule has 0 aromatic rings. The van der Waals surface area contributed by atoms with Gasteiger partial charge in [-0.25, -0.2) is 4.79 Å². The third kappa shape index (κ3) is 4.59. The summed E-state index contributed by atoms with van der Waals surface area (Å²) in [6.07, 6.45) is 4.56. The van der Waals surface area contributed by atoms with Crippen molar-refractivity contribution in [3.63, 3.8) is 0 Å². The van der Waals surface area contributed by atoms with Gasteiger partial charge in [-0.15, -0.1) is 0 Å². The lowest BCUT2D eigenvalue weighted by Crippen LogP contribution is -2.43. The molecule has 2 aliphatic rings. The van der Waals surface area contributed by atoms with Crippen molar-refractivity contribution >= 4 is 12.0 Å². The Morgan fingerprint density at radius 1 is 1.24 bits per heavy atom. The molecule has 0 spiro atoms. The lowest BCUT2D eigenvalue weighted by molar-refractivity contribution is -0.142. The van der Waals surface area contributed by atoms with Crippen LogP contribution in [0.2, 0.25) is 0 Å². The third-order valence-corrected chi connectivity index (χ3v) is 4.71. The molecular formula is C15H26N2O4. The van der Waals surface area contributed by atoms with Crippen LogP contribution in [0.15, 0.2) is 0 Å². The second-order valence-corrected chi connectivity index (χ2v) is 6.26. The topological polar surface area (TPSA) is 78.9 Å². The summed E-state index contributed by atoms with van der Waals surface area (Å²) in [6, 6.07) is -0.0995. The highest BCUT2D eigenvalue weighted by Gasteiger charge is 2.33. The number of urea groups is 1. The van der Waals surface area contributed by atoms with E-state index in [0.29, 0.717) is 12.5 Å². The molecule has 2 fully saturated rings. The zero-order valence-electron chi connectivity index (χ0n) is 12.7. The van der Waals surface area contributed by atoms with E-state index in [4.69, 9.17) is 9.84 Å². The van der Waals surface area contributed by atoms with Gasteiger partial charge in [0.15, 0.2) is 0 Å².